The normalized spacial score (nSPS) is 14.4. The van der Waals surface area contributed by atoms with Crippen molar-refractivity contribution in [2.45, 2.75) is 476 Å². The lowest BCUT2D eigenvalue weighted by Gasteiger charge is -2.21. The van der Waals surface area contributed by atoms with E-state index < -0.39 is 91.5 Å². The molecular formula is C115H196O16P2. The van der Waals surface area contributed by atoms with E-state index in [1.54, 1.807) is 0 Å². The maximum Gasteiger partial charge on any atom is 0.472 e. The standard InChI is InChI=1S/C115H196O16P2/c1-4-7-10-13-16-19-22-25-28-31-34-37-40-43-46-48-50-52-54-56-58-60-63-65-68-71-74-77-80-83-86-89-92-95-98-101-113(118)125-104-110(116)105-127-132(121,122)128-106-111(117)107-129-133(123,124)130-109-112(131-115(120)103-100-97-94-91-88-85-82-79-76-73-70-67-62-45-42-39-36-33-30-27-24-21-18-15-12-9-6-3)108-126-114(119)102-99-96-93-90-87-84-81-78-75-72-69-66-64-61-59-57-55-53-51-49-47-44-41-38-35-32-29-26-23-20-17-14-11-8-5-2/h7-8,10-11,16-21,25-30,34-39,43-47,50-53,62,110-112,116-117H,4-6,9,12-15,22-24,31-33,40-42,48-49,54-61,63-109H2,1-3H3,(H,121,122)(H,123,124)/b10-7-,11-8-,19-16-,20-17-,21-18-,28-25-,29-26-,30-27-,37-34-,38-35-,39-36-,46-43-,47-44-,52-50-,53-51-,62-45-. The van der Waals surface area contributed by atoms with Crippen LogP contribution in [0.3, 0.4) is 0 Å². The maximum atomic E-state index is 13.1. The number of unbranched alkanes of at least 4 members (excludes halogenated alkanes) is 46. The number of carbonyl (C=O) groups is 3. The van der Waals surface area contributed by atoms with Gasteiger partial charge in [0.2, 0.25) is 0 Å². The number of ether oxygens (including phenoxy) is 3. The molecule has 133 heavy (non-hydrogen) atoms. The first-order chi connectivity index (χ1) is 65.2. The molecule has 18 heteroatoms. The van der Waals surface area contributed by atoms with E-state index in [0.29, 0.717) is 19.3 Å². The van der Waals surface area contributed by atoms with E-state index in [9.17, 15) is 43.5 Å². The summed E-state index contributed by atoms with van der Waals surface area (Å²) in [5.74, 6) is -1.56. The number of phosphoric acid groups is 2. The summed E-state index contributed by atoms with van der Waals surface area (Å²) in [5.41, 5.74) is 0. The summed E-state index contributed by atoms with van der Waals surface area (Å²) in [4.78, 5) is 59.3. The highest BCUT2D eigenvalue weighted by Crippen LogP contribution is 2.45. The minimum atomic E-state index is -4.95. The molecule has 0 bridgehead atoms. The third-order valence-electron chi connectivity index (χ3n) is 22.8. The zero-order chi connectivity index (χ0) is 96.4. The van der Waals surface area contributed by atoms with Gasteiger partial charge in [0.1, 0.15) is 25.4 Å². The number of rotatable bonds is 101. The molecule has 0 fully saturated rings. The Bertz CT molecular complexity index is 3200. The van der Waals surface area contributed by atoms with Crippen LogP contribution in [-0.2, 0) is 55.8 Å². The lowest BCUT2D eigenvalue weighted by molar-refractivity contribution is -0.161. The van der Waals surface area contributed by atoms with Crippen molar-refractivity contribution in [1.29, 1.82) is 0 Å². The Balaban J connectivity index is 4.59. The minimum absolute atomic E-state index is 0.0980. The molecule has 0 aromatic carbocycles. The second-order valence-electron chi connectivity index (χ2n) is 35.6. The van der Waals surface area contributed by atoms with Gasteiger partial charge in [-0.2, -0.15) is 0 Å². The summed E-state index contributed by atoms with van der Waals surface area (Å²) in [7, 11) is -9.82. The van der Waals surface area contributed by atoms with Gasteiger partial charge in [-0.25, -0.2) is 9.13 Å². The van der Waals surface area contributed by atoms with Crippen LogP contribution in [0.4, 0.5) is 0 Å². The van der Waals surface area contributed by atoms with Crippen molar-refractivity contribution < 1.29 is 75.8 Å². The summed E-state index contributed by atoms with van der Waals surface area (Å²) in [6.07, 6.45) is 142. The highest BCUT2D eigenvalue weighted by Gasteiger charge is 2.30. The van der Waals surface area contributed by atoms with Gasteiger partial charge in [0.05, 0.1) is 26.4 Å². The molecule has 0 aliphatic carbocycles. The quantitative estimate of drug-likeness (QED) is 0.0146. The third kappa shape index (κ3) is 107. The third-order valence-corrected chi connectivity index (χ3v) is 24.7. The fourth-order valence-corrected chi connectivity index (χ4v) is 16.3. The Morgan fingerprint density at radius 1 is 0.218 bits per heavy atom. The molecule has 0 aromatic rings. The molecule has 0 aliphatic rings. The first-order valence-electron chi connectivity index (χ1n) is 53.7. The number of carbonyl (C=O) groups excluding carboxylic acids is 3. The van der Waals surface area contributed by atoms with Crippen molar-refractivity contribution in [3.05, 3.63) is 194 Å². The highest BCUT2D eigenvalue weighted by molar-refractivity contribution is 7.47. The minimum Gasteiger partial charge on any atom is -0.463 e. The average molecular weight is 1900 g/mol. The predicted octanol–water partition coefficient (Wildman–Crippen LogP) is 34.5. The first kappa shape index (κ1) is 127. The van der Waals surface area contributed by atoms with Gasteiger partial charge in [-0.05, 0) is 167 Å². The Labute approximate surface area is 814 Å². The van der Waals surface area contributed by atoms with Crippen LogP contribution in [0.5, 0.6) is 0 Å². The molecule has 0 radical (unpaired) electrons. The average Bonchev–Trinajstić information content (AvgIpc) is 0.896. The molecule has 0 spiro atoms. The number of aliphatic hydroxyl groups is 2. The lowest BCUT2D eigenvalue weighted by atomic mass is 10.0. The van der Waals surface area contributed by atoms with Gasteiger partial charge in [0.25, 0.3) is 0 Å². The van der Waals surface area contributed by atoms with Crippen LogP contribution in [0.2, 0.25) is 0 Å². The second-order valence-corrected chi connectivity index (χ2v) is 38.6. The van der Waals surface area contributed by atoms with Crippen LogP contribution >= 0.6 is 15.6 Å². The molecule has 5 unspecified atom stereocenters. The van der Waals surface area contributed by atoms with E-state index in [0.717, 1.165) is 167 Å². The summed E-state index contributed by atoms with van der Waals surface area (Å²) in [6.45, 7) is 2.50. The molecule has 5 atom stereocenters. The summed E-state index contributed by atoms with van der Waals surface area (Å²) >= 11 is 0. The van der Waals surface area contributed by atoms with Gasteiger partial charge in [0.15, 0.2) is 6.10 Å². The molecule has 762 valence electrons. The Morgan fingerprint density at radius 3 is 0.632 bits per heavy atom. The van der Waals surface area contributed by atoms with E-state index >= 15 is 0 Å². The van der Waals surface area contributed by atoms with Crippen molar-refractivity contribution in [3.8, 4) is 0 Å². The summed E-state index contributed by atoms with van der Waals surface area (Å²) in [5, 5.41) is 20.8. The van der Waals surface area contributed by atoms with Gasteiger partial charge in [-0.3, -0.25) is 32.5 Å². The van der Waals surface area contributed by atoms with E-state index in [2.05, 4.69) is 215 Å². The maximum absolute atomic E-state index is 13.1. The lowest BCUT2D eigenvalue weighted by Crippen LogP contribution is -2.30. The number of hydrogen-bond donors (Lipinski definition) is 4. The summed E-state index contributed by atoms with van der Waals surface area (Å²) in [6, 6.07) is 0. The summed E-state index contributed by atoms with van der Waals surface area (Å²) < 4.78 is 61.8. The number of phosphoric ester groups is 2. The highest BCUT2D eigenvalue weighted by atomic mass is 31.2. The molecule has 0 aliphatic heterocycles. The molecule has 0 rings (SSSR count). The first-order valence-corrected chi connectivity index (χ1v) is 56.7. The second kappa shape index (κ2) is 105. The monoisotopic (exact) mass is 1900 g/mol. The zero-order valence-corrected chi connectivity index (χ0v) is 86.4. The topological polar surface area (TPSA) is 231 Å². The smallest absolute Gasteiger partial charge is 0.463 e. The fraction of sp³-hybridized carbons (Fsp3) is 0.696. The van der Waals surface area contributed by atoms with Crippen LogP contribution in [0, 0.1) is 0 Å². The SMILES string of the molecule is CC/C=C\C/C=C\C/C=C\C/C=C\C/C=C\C/C=C\CCCCCCCCCCCCCCCCCCC(=O)OCC(O)COP(=O)(O)OCC(O)COP(=O)(O)OCC(COC(=O)CCCCCCCCCCCCCCCCCC/C=C\C/C=C\C/C=C\C/C=C\C/C=C\C/C=C\CC)OC(=O)CCCCCCCCCCCCC/C=C\C/C=C\C/C=C\C/C=C\CCCCC. The van der Waals surface area contributed by atoms with Gasteiger partial charge in [-0.15, -0.1) is 0 Å². The Kier molecular flexibility index (Phi) is 101. The van der Waals surface area contributed by atoms with Crippen molar-refractivity contribution in [3.63, 3.8) is 0 Å². The van der Waals surface area contributed by atoms with Gasteiger partial charge in [0, 0.05) is 19.3 Å². The van der Waals surface area contributed by atoms with E-state index in [1.807, 2.05) is 0 Å². The number of allylic oxidation sites excluding steroid dienone is 32. The van der Waals surface area contributed by atoms with Gasteiger partial charge < -0.3 is 34.2 Å². The molecule has 0 saturated heterocycles. The van der Waals surface area contributed by atoms with Crippen molar-refractivity contribution in [2.75, 3.05) is 39.6 Å². The van der Waals surface area contributed by atoms with Crippen molar-refractivity contribution in [1.82, 2.24) is 0 Å². The molecular weight excluding hydrogens is 1700 g/mol. The molecule has 0 amide bonds. The van der Waals surface area contributed by atoms with Crippen LogP contribution in [0.15, 0.2) is 194 Å². The van der Waals surface area contributed by atoms with Crippen LogP contribution in [-0.4, -0.2) is 95.9 Å². The predicted molar refractivity (Wildman–Crippen MR) is 564 cm³/mol. The Hall–Kier alpha value is -5.61. The van der Waals surface area contributed by atoms with E-state index in [4.69, 9.17) is 32.3 Å². The molecule has 0 saturated carbocycles. The Morgan fingerprint density at radius 2 is 0.398 bits per heavy atom. The van der Waals surface area contributed by atoms with Crippen molar-refractivity contribution >= 4 is 33.6 Å². The van der Waals surface area contributed by atoms with Crippen LogP contribution in [0.1, 0.15) is 457 Å². The van der Waals surface area contributed by atoms with E-state index in [1.165, 1.54) is 231 Å². The van der Waals surface area contributed by atoms with Crippen LogP contribution < -0.4 is 0 Å². The molecule has 16 nitrogen and oxygen atoms in total. The van der Waals surface area contributed by atoms with Crippen LogP contribution in [0.25, 0.3) is 0 Å². The zero-order valence-electron chi connectivity index (χ0n) is 84.6. The van der Waals surface area contributed by atoms with Gasteiger partial charge in [-0.1, -0.05) is 466 Å². The van der Waals surface area contributed by atoms with Gasteiger partial charge >= 0.3 is 33.6 Å². The number of hydrogen-bond acceptors (Lipinski definition) is 14. The fourth-order valence-electron chi connectivity index (χ4n) is 14.7. The van der Waals surface area contributed by atoms with E-state index in [-0.39, 0.29) is 19.3 Å². The molecule has 0 heterocycles. The molecule has 0 aromatic heterocycles. The number of esters is 3. The number of aliphatic hydroxyl groups excluding tert-OH is 2. The molecule has 4 N–H and O–H groups in total. The van der Waals surface area contributed by atoms with Crippen molar-refractivity contribution in [2.24, 2.45) is 0 Å². The largest absolute Gasteiger partial charge is 0.472 e.